The van der Waals surface area contributed by atoms with Gasteiger partial charge in [0.15, 0.2) is 11.5 Å². The molecular formula is C21H22N4O3. The second kappa shape index (κ2) is 8.85. The number of hydrazone groups is 1. The highest BCUT2D eigenvalue weighted by Gasteiger charge is 2.06. The average molecular weight is 378 g/mol. The van der Waals surface area contributed by atoms with Gasteiger partial charge in [0.2, 0.25) is 5.95 Å². The molecule has 0 saturated heterocycles. The van der Waals surface area contributed by atoms with Gasteiger partial charge in [0, 0.05) is 11.8 Å². The van der Waals surface area contributed by atoms with Crippen molar-refractivity contribution in [3.8, 4) is 11.5 Å². The van der Waals surface area contributed by atoms with Crippen molar-refractivity contribution >= 4 is 12.2 Å². The van der Waals surface area contributed by atoms with Gasteiger partial charge in [-0.1, -0.05) is 24.3 Å². The van der Waals surface area contributed by atoms with Crippen LogP contribution in [0.15, 0.2) is 58.4 Å². The van der Waals surface area contributed by atoms with Crippen molar-refractivity contribution in [1.29, 1.82) is 0 Å². The Labute approximate surface area is 163 Å². The van der Waals surface area contributed by atoms with E-state index in [4.69, 9.17) is 9.47 Å². The van der Waals surface area contributed by atoms with Crippen LogP contribution in [-0.4, -0.2) is 23.3 Å². The van der Waals surface area contributed by atoms with Crippen LogP contribution in [0.4, 0.5) is 5.95 Å². The van der Waals surface area contributed by atoms with Crippen molar-refractivity contribution in [3.05, 3.63) is 81.3 Å². The highest BCUT2D eigenvalue weighted by Crippen LogP contribution is 2.28. The molecule has 144 valence electrons. The van der Waals surface area contributed by atoms with E-state index >= 15 is 0 Å². The van der Waals surface area contributed by atoms with Crippen molar-refractivity contribution in [2.75, 3.05) is 12.5 Å². The number of hydrogen-bond donors (Lipinski definition) is 2. The maximum Gasteiger partial charge on any atom is 0.252 e. The highest BCUT2D eigenvalue weighted by molar-refractivity contribution is 5.81. The molecule has 0 radical (unpaired) electrons. The zero-order valence-electron chi connectivity index (χ0n) is 16.0. The number of nitrogens with zero attached hydrogens (tertiary/aromatic N) is 2. The Morgan fingerprint density at radius 1 is 1.14 bits per heavy atom. The third-order valence-electron chi connectivity index (χ3n) is 4.09. The fourth-order valence-corrected chi connectivity index (χ4v) is 2.61. The van der Waals surface area contributed by atoms with Crippen molar-refractivity contribution in [1.82, 2.24) is 9.97 Å². The first-order valence-corrected chi connectivity index (χ1v) is 8.77. The predicted molar refractivity (Wildman–Crippen MR) is 109 cm³/mol. The summed E-state index contributed by atoms with van der Waals surface area (Å²) in [4.78, 5) is 18.1. The fraction of sp³-hybridized carbons (Fsp3) is 0.190. The molecule has 1 heterocycles. The van der Waals surface area contributed by atoms with Crippen LogP contribution < -0.4 is 20.5 Å². The van der Waals surface area contributed by atoms with Crippen LogP contribution in [0.3, 0.4) is 0 Å². The Kier molecular flexibility index (Phi) is 6.06. The third kappa shape index (κ3) is 4.97. The maximum absolute atomic E-state index is 11.4. The normalized spacial score (nSPS) is 10.8. The first-order chi connectivity index (χ1) is 13.5. The molecule has 28 heavy (non-hydrogen) atoms. The zero-order valence-corrected chi connectivity index (χ0v) is 16.0. The van der Waals surface area contributed by atoms with E-state index in [1.165, 1.54) is 11.6 Å². The molecule has 0 aliphatic rings. The smallest absolute Gasteiger partial charge is 0.252 e. The standard InChI is InChI=1S/C21H22N4O3/c1-14-6-4-5-7-17(14)13-28-18-9-8-16(11-19(18)27-3)12-22-25-21-23-15(2)10-20(26)24-21/h4-12H,13H2,1-3H3,(H2,23,24,25,26)/b22-12+. The average Bonchev–Trinajstić information content (AvgIpc) is 2.67. The topological polar surface area (TPSA) is 88.6 Å². The van der Waals surface area contributed by atoms with Crippen LogP contribution in [0.2, 0.25) is 0 Å². The molecule has 2 aromatic carbocycles. The first-order valence-electron chi connectivity index (χ1n) is 8.77. The van der Waals surface area contributed by atoms with E-state index in [1.54, 1.807) is 20.2 Å². The Hall–Kier alpha value is -3.61. The lowest BCUT2D eigenvalue weighted by atomic mass is 10.1. The maximum atomic E-state index is 11.4. The fourth-order valence-electron chi connectivity index (χ4n) is 2.61. The summed E-state index contributed by atoms with van der Waals surface area (Å²) < 4.78 is 11.3. The lowest BCUT2D eigenvalue weighted by Crippen LogP contribution is -2.10. The van der Waals surface area contributed by atoms with E-state index in [9.17, 15) is 4.79 Å². The molecule has 7 heteroatoms. The molecule has 7 nitrogen and oxygen atoms in total. The first kappa shape index (κ1) is 19.2. The van der Waals surface area contributed by atoms with Gasteiger partial charge in [0.05, 0.1) is 13.3 Å². The summed E-state index contributed by atoms with van der Waals surface area (Å²) >= 11 is 0. The van der Waals surface area contributed by atoms with Crippen molar-refractivity contribution in [3.63, 3.8) is 0 Å². The largest absolute Gasteiger partial charge is 0.493 e. The van der Waals surface area contributed by atoms with Crippen molar-refractivity contribution in [2.45, 2.75) is 20.5 Å². The van der Waals surface area contributed by atoms with Crippen LogP contribution in [0.1, 0.15) is 22.4 Å². The Morgan fingerprint density at radius 3 is 2.71 bits per heavy atom. The van der Waals surface area contributed by atoms with Crippen LogP contribution in [0.25, 0.3) is 0 Å². The number of methoxy groups -OCH3 is 1. The van der Waals surface area contributed by atoms with Gasteiger partial charge in [-0.25, -0.2) is 10.4 Å². The van der Waals surface area contributed by atoms with E-state index in [1.807, 2.05) is 36.4 Å². The molecule has 0 bridgehead atoms. The minimum atomic E-state index is -0.234. The Bertz CT molecular complexity index is 1040. The number of rotatable bonds is 7. The molecule has 0 atom stereocenters. The molecule has 1 aromatic heterocycles. The molecule has 0 fully saturated rings. The number of aryl methyl sites for hydroxylation is 2. The van der Waals surface area contributed by atoms with Gasteiger partial charge in [-0.15, -0.1) is 0 Å². The van der Waals surface area contributed by atoms with Gasteiger partial charge < -0.3 is 9.47 Å². The van der Waals surface area contributed by atoms with Gasteiger partial charge in [0.25, 0.3) is 5.56 Å². The predicted octanol–water partition coefficient (Wildman–Crippen LogP) is 3.42. The third-order valence-corrected chi connectivity index (χ3v) is 4.09. The molecule has 0 spiro atoms. The van der Waals surface area contributed by atoms with E-state index in [0.717, 1.165) is 11.1 Å². The number of hydrogen-bond acceptors (Lipinski definition) is 6. The van der Waals surface area contributed by atoms with Crippen LogP contribution in [-0.2, 0) is 6.61 Å². The molecule has 3 rings (SSSR count). The van der Waals surface area contributed by atoms with Gasteiger partial charge in [-0.05, 0) is 48.7 Å². The van der Waals surface area contributed by atoms with Gasteiger partial charge in [-0.3, -0.25) is 9.78 Å². The monoisotopic (exact) mass is 378 g/mol. The number of anilines is 1. The number of nitrogens with one attached hydrogen (secondary N) is 2. The summed E-state index contributed by atoms with van der Waals surface area (Å²) in [7, 11) is 1.59. The molecule has 2 N–H and O–H groups in total. The van der Waals surface area contributed by atoms with E-state index in [-0.39, 0.29) is 11.5 Å². The summed E-state index contributed by atoms with van der Waals surface area (Å²) in [6.45, 7) is 4.26. The van der Waals surface area contributed by atoms with Crippen LogP contribution in [0.5, 0.6) is 11.5 Å². The number of H-pyrrole nitrogens is 1. The summed E-state index contributed by atoms with van der Waals surface area (Å²) in [5.41, 5.74) is 6.20. The molecule has 0 amide bonds. The quantitative estimate of drug-likeness (QED) is 0.486. The minimum absolute atomic E-state index is 0.234. The molecule has 0 aliphatic carbocycles. The Morgan fingerprint density at radius 2 is 1.96 bits per heavy atom. The second-order valence-electron chi connectivity index (χ2n) is 6.23. The summed E-state index contributed by atoms with van der Waals surface area (Å²) in [5.74, 6) is 1.55. The van der Waals surface area contributed by atoms with E-state index in [0.29, 0.717) is 23.8 Å². The number of aromatic amines is 1. The highest BCUT2D eigenvalue weighted by atomic mass is 16.5. The summed E-state index contributed by atoms with van der Waals surface area (Å²) in [5, 5.41) is 4.10. The second-order valence-corrected chi connectivity index (χ2v) is 6.23. The van der Waals surface area contributed by atoms with Crippen molar-refractivity contribution < 1.29 is 9.47 Å². The summed E-state index contributed by atoms with van der Waals surface area (Å²) in [6, 6.07) is 15.0. The molecular weight excluding hydrogens is 356 g/mol. The molecule has 0 unspecified atom stereocenters. The lowest BCUT2D eigenvalue weighted by molar-refractivity contribution is 0.284. The molecule has 0 aliphatic heterocycles. The summed E-state index contributed by atoms with van der Waals surface area (Å²) in [6.07, 6.45) is 1.61. The molecule has 0 saturated carbocycles. The minimum Gasteiger partial charge on any atom is -0.493 e. The van der Waals surface area contributed by atoms with E-state index < -0.39 is 0 Å². The van der Waals surface area contributed by atoms with Gasteiger partial charge >= 0.3 is 0 Å². The number of aromatic nitrogens is 2. The van der Waals surface area contributed by atoms with Crippen LogP contribution >= 0.6 is 0 Å². The van der Waals surface area contributed by atoms with Gasteiger partial charge in [-0.2, -0.15) is 5.10 Å². The van der Waals surface area contributed by atoms with Crippen molar-refractivity contribution in [2.24, 2.45) is 5.10 Å². The SMILES string of the molecule is COc1cc(/C=N/Nc2nc(C)cc(=O)[nH]2)ccc1OCc1ccccc1C. The number of benzene rings is 2. The zero-order chi connectivity index (χ0) is 19.9. The molecule has 3 aromatic rings. The Balaban J connectivity index is 1.68. The number of ether oxygens (including phenoxy) is 2. The van der Waals surface area contributed by atoms with E-state index in [2.05, 4.69) is 33.5 Å². The van der Waals surface area contributed by atoms with Crippen LogP contribution in [0, 0.1) is 13.8 Å². The lowest BCUT2D eigenvalue weighted by Gasteiger charge is -2.12. The van der Waals surface area contributed by atoms with Gasteiger partial charge in [0.1, 0.15) is 6.61 Å².